The standard InChI is InChI=1S/C24H26O3S/c1-24(2,3)27-23(26)21(16-28-18-12-5-4-6-13-18)22(25)20-15-9-11-17-10-7-8-14-19(17)20/h4-15,21-22,25H,16H2,1-3H3/t21-,22-/m0/s1. The minimum atomic E-state index is -0.947. The lowest BCUT2D eigenvalue weighted by Crippen LogP contribution is -2.33. The quantitative estimate of drug-likeness (QED) is 0.435. The van der Waals surface area contributed by atoms with Crippen molar-refractivity contribution in [3.63, 3.8) is 0 Å². The van der Waals surface area contributed by atoms with E-state index in [1.54, 1.807) is 11.8 Å². The molecule has 0 aliphatic heterocycles. The Balaban J connectivity index is 1.91. The molecule has 0 bridgehead atoms. The van der Waals surface area contributed by atoms with Gasteiger partial charge >= 0.3 is 5.97 Å². The summed E-state index contributed by atoms with van der Waals surface area (Å²) in [4.78, 5) is 14.0. The van der Waals surface area contributed by atoms with E-state index in [-0.39, 0.29) is 5.97 Å². The maximum atomic E-state index is 12.9. The molecular formula is C24H26O3S. The zero-order valence-corrected chi connectivity index (χ0v) is 17.3. The lowest BCUT2D eigenvalue weighted by molar-refractivity contribution is -0.163. The van der Waals surface area contributed by atoms with Crippen molar-refractivity contribution in [1.82, 2.24) is 0 Å². The van der Waals surface area contributed by atoms with Crippen molar-refractivity contribution in [3.05, 3.63) is 78.4 Å². The Morgan fingerprint density at radius 3 is 2.32 bits per heavy atom. The van der Waals surface area contributed by atoms with Gasteiger partial charge in [0.2, 0.25) is 0 Å². The van der Waals surface area contributed by atoms with Crippen molar-refractivity contribution < 1.29 is 14.6 Å². The SMILES string of the molecule is CC(C)(C)OC(=O)[C@@H](CSc1ccccc1)[C@@H](O)c1cccc2ccccc12. The monoisotopic (exact) mass is 394 g/mol. The topological polar surface area (TPSA) is 46.5 Å². The summed E-state index contributed by atoms with van der Waals surface area (Å²) in [6.07, 6.45) is -0.947. The Bertz CT molecular complexity index is 926. The van der Waals surface area contributed by atoms with Gasteiger partial charge in [0.25, 0.3) is 0 Å². The second kappa shape index (κ2) is 8.80. The number of ether oxygens (including phenoxy) is 1. The summed E-state index contributed by atoms with van der Waals surface area (Å²) in [6, 6.07) is 23.6. The number of aliphatic hydroxyl groups is 1. The number of benzene rings is 3. The maximum absolute atomic E-state index is 12.9. The van der Waals surface area contributed by atoms with Crippen molar-refractivity contribution >= 4 is 28.5 Å². The van der Waals surface area contributed by atoms with Crippen LogP contribution in [0.15, 0.2) is 77.7 Å². The van der Waals surface area contributed by atoms with Crippen LogP contribution in [0.1, 0.15) is 32.4 Å². The van der Waals surface area contributed by atoms with Crippen LogP contribution in [-0.2, 0) is 9.53 Å². The molecule has 0 heterocycles. The zero-order valence-electron chi connectivity index (χ0n) is 16.5. The number of thioether (sulfide) groups is 1. The smallest absolute Gasteiger partial charge is 0.313 e. The predicted molar refractivity (Wildman–Crippen MR) is 115 cm³/mol. The van der Waals surface area contributed by atoms with Gasteiger partial charge in [0.1, 0.15) is 5.60 Å². The van der Waals surface area contributed by atoms with E-state index in [1.807, 2.05) is 93.6 Å². The number of hydrogen-bond acceptors (Lipinski definition) is 4. The number of rotatable bonds is 6. The fraction of sp³-hybridized carbons (Fsp3) is 0.292. The van der Waals surface area contributed by atoms with Crippen molar-refractivity contribution in [1.29, 1.82) is 0 Å². The first-order valence-corrected chi connectivity index (χ1v) is 10.4. The molecule has 0 aliphatic carbocycles. The molecule has 0 unspecified atom stereocenters. The first kappa shape index (κ1) is 20.4. The molecule has 2 atom stereocenters. The van der Waals surface area contributed by atoms with Gasteiger partial charge in [0.15, 0.2) is 0 Å². The molecule has 4 heteroatoms. The summed E-state index contributed by atoms with van der Waals surface area (Å²) in [5, 5.41) is 13.2. The van der Waals surface area contributed by atoms with Crippen molar-refractivity contribution in [2.45, 2.75) is 37.4 Å². The van der Waals surface area contributed by atoms with E-state index in [0.29, 0.717) is 5.75 Å². The van der Waals surface area contributed by atoms with Crippen molar-refractivity contribution in [3.8, 4) is 0 Å². The third-order valence-corrected chi connectivity index (χ3v) is 5.54. The van der Waals surface area contributed by atoms with Gasteiger partial charge in [0, 0.05) is 10.6 Å². The summed E-state index contributed by atoms with van der Waals surface area (Å²) in [6.45, 7) is 5.53. The van der Waals surface area contributed by atoms with Gasteiger partial charge < -0.3 is 9.84 Å². The number of esters is 1. The van der Waals surface area contributed by atoms with Gasteiger partial charge in [-0.05, 0) is 49.2 Å². The first-order valence-electron chi connectivity index (χ1n) is 9.41. The Hall–Kier alpha value is -2.30. The van der Waals surface area contributed by atoms with Gasteiger partial charge in [0.05, 0.1) is 12.0 Å². The molecule has 0 spiro atoms. The molecule has 0 aliphatic rings. The van der Waals surface area contributed by atoms with Gasteiger partial charge in [-0.2, -0.15) is 0 Å². The summed E-state index contributed by atoms with van der Waals surface area (Å²) in [5.74, 6) is -0.616. The molecule has 0 aromatic heterocycles. The Morgan fingerprint density at radius 2 is 1.61 bits per heavy atom. The molecule has 0 fully saturated rings. The highest BCUT2D eigenvalue weighted by Crippen LogP contribution is 2.34. The summed E-state index contributed by atoms with van der Waals surface area (Å²) in [7, 11) is 0. The molecule has 3 rings (SSSR count). The van der Waals surface area contributed by atoms with Gasteiger partial charge in [-0.1, -0.05) is 60.7 Å². The fourth-order valence-electron chi connectivity index (χ4n) is 3.09. The Kier molecular flexibility index (Phi) is 6.42. The third kappa shape index (κ3) is 5.15. The minimum absolute atomic E-state index is 0.378. The molecule has 146 valence electrons. The largest absolute Gasteiger partial charge is 0.460 e. The van der Waals surface area contributed by atoms with Crippen LogP contribution in [0, 0.1) is 5.92 Å². The highest BCUT2D eigenvalue weighted by atomic mass is 32.2. The van der Waals surface area contributed by atoms with Crippen molar-refractivity contribution in [2.75, 3.05) is 5.75 Å². The van der Waals surface area contributed by atoms with E-state index >= 15 is 0 Å². The lowest BCUT2D eigenvalue weighted by atomic mass is 9.92. The Morgan fingerprint density at radius 1 is 0.964 bits per heavy atom. The van der Waals surface area contributed by atoms with Crippen LogP contribution in [0.5, 0.6) is 0 Å². The second-order valence-electron chi connectivity index (χ2n) is 7.78. The molecule has 1 N–H and O–H groups in total. The van der Waals surface area contributed by atoms with Crippen molar-refractivity contribution in [2.24, 2.45) is 5.92 Å². The van der Waals surface area contributed by atoms with Gasteiger partial charge in [-0.3, -0.25) is 4.79 Å². The lowest BCUT2D eigenvalue weighted by Gasteiger charge is -2.27. The van der Waals surface area contributed by atoms with Crippen LogP contribution in [0.4, 0.5) is 0 Å². The van der Waals surface area contributed by atoms with Crippen LogP contribution >= 0.6 is 11.8 Å². The highest BCUT2D eigenvalue weighted by molar-refractivity contribution is 7.99. The van der Waals surface area contributed by atoms with Crippen LogP contribution in [0.3, 0.4) is 0 Å². The molecule has 28 heavy (non-hydrogen) atoms. The third-order valence-electron chi connectivity index (χ3n) is 4.41. The first-order chi connectivity index (χ1) is 13.3. The molecule has 0 saturated heterocycles. The molecular weight excluding hydrogens is 368 g/mol. The predicted octanol–water partition coefficient (Wildman–Crippen LogP) is 5.62. The van der Waals surface area contributed by atoms with E-state index < -0.39 is 17.6 Å². The minimum Gasteiger partial charge on any atom is -0.460 e. The molecule has 0 radical (unpaired) electrons. The van der Waals surface area contributed by atoms with Gasteiger partial charge in [-0.15, -0.1) is 11.8 Å². The Labute approximate surface area is 170 Å². The second-order valence-corrected chi connectivity index (χ2v) is 8.87. The summed E-state index contributed by atoms with van der Waals surface area (Å²) >= 11 is 1.55. The van der Waals surface area contributed by atoms with Gasteiger partial charge in [-0.25, -0.2) is 0 Å². The van der Waals surface area contributed by atoms with E-state index in [0.717, 1.165) is 21.2 Å². The van der Waals surface area contributed by atoms with E-state index in [1.165, 1.54) is 0 Å². The number of carbonyl (C=O) groups excluding carboxylic acids is 1. The van der Waals surface area contributed by atoms with Crippen LogP contribution < -0.4 is 0 Å². The summed E-state index contributed by atoms with van der Waals surface area (Å²) in [5.41, 5.74) is 0.146. The van der Waals surface area contributed by atoms with Crippen LogP contribution in [-0.4, -0.2) is 22.4 Å². The molecule has 0 saturated carbocycles. The number of aliphatic hydroxyl groups excluding tert-OH is 1. The zero-order chi connectivity index (χ0) is 20.1. The molecule has 3 nitrogen and oxygen atoms in total. The van der Waals surface area contributed by atoms with E-state index in [4.69, 9.17) is 4.74 Å². The normalized spacial score (nSPS) is 13.9. The molecule has 0 amide bonds. The van der Waals surface area contributed by atoms with Crippen LogP contribution in [0.25, 0.3) is 10.8 Å². The van der Waals surface area contributed by atoms with E-state index in [9.17, 15) is 9.90 Å². The highest BCUT2D eigenvalue weighted by Gasteiger charge is 2.33. The average molecular weight is 395 g/mol. The summed E-state index contributed by atoms with van der Waals surface area (Å²) < 4.78 is 5.63. The number of hydrogen-bond donors (Lipinski definition) is 1. The molecule has 3 aromatic carbocycles. The molecule has 3 aromatic rings. The van der Waals surface area contributed by atoms with E-state index in [2.05, 4.69) is 0 Å². The van der Waals surface area contributed by atoms with Crippen LogP contribution in [0.2, 0.25) is 0 Å². The number of carbonyl (C=O) groups is 1. The maximum Gasteiger partial charge on any atom is 0.313 e. The number of fused-ring (bicyclic) bond motifs is 1. The fourth-order valence-corrected chi connectivity index (χ4v) is 4.13. The average Bonchev–Trinajstić information content (AvgIpc) is 2.67.